The first-order valence-corrected chi connectivity index (χ1v) is 6.73. The highest BCUT2D eigenvalue weighted by molar-refractivity contribution is 5.87. The zero-order valence-corrected chi connectivity index (χ0v) is 11.0. The van der Waals surface area contributed by atoms with E-state index in [1.54, 1.807) is 0 Å². The number of carbonyl (C=O) groups is 1. The van der Waals surface area contributed by atoms with Crippen molar-refractivity contribution in [1.29, 1.82) is 5.26 Å². The van der Waals surface area contributed by atoms with Crippen molar-refractivity contribution in [3.05, 3.63) is 35.0 Å². The summed E-state index contributed by atoms with van der Waals surface area (Å²) >= 11 is 0. The van der Waals surface area contributed by atoms with Gasteiger partial charge >= 0.3 is 0 Å². The van der Waals surface area contributed by atoms with Gasteiger partial charge in [0.15, 0.2) is 0 Å². The first-order chi connectivity index (χ1) is 9.19. The maximum absolute atomic E-state index is 11.4. The van der Waals surface area contributed by atoms with Gasteiger partial charge in [-0.25, -0.2) is 0 Å². The number of carbonyl (C=O) groups excluding carboxylic acids is 1. The maximum Gasteiger partial charge on any atom is 0.132 e. The van der Waals surface area contributed by atoms with Crippen LogP contribution >= 0.6 is 0 Å². The molecule has 1 aromatic carbocycles. The van der Waals surface area contributed by atoms with E-state index in [-0.39, 0.29) is 0 Å². The van der Waals surface area contributed by atoms with Gasteiger partial charge in [0.1, 0.15) is 5.78 Å². The summed E-state index contributed by atoms with van der Waals surface area (Å²) in [7, 11) is 0. The summed E-state index contributed by atoms with van der Waals surface area (Å²) < 4.78 is 0. The molecule has 0 bridgehead atoms. The van der Waals surface area contributed by atoms with Crippen LogP contribution < -0.4 is 0 Å². The molecule has 19 heavy (non-hydrogen) atoms. The molecule has 1 heterocycles. The van der Waals surface area contributed by atoms with Gasteiger partial charge in [-0.3, -0.25) is 4.79 Å². The molecule has 0 radical (unpaired) electrons. The molecule has 0 aliphatic heterocycles. The van der Waals surface area contributed by atoms with Crippen molar-refractivity contribution < 1.29 is 4.79 Å². The Morgan fingerprint density at radius 1 is 1.32 bits per heavy atom. The quantitative estimate of drug-likeness (QED) is 0.843. The number of hydrogen-bond acceptors (Lipinski definition) is 2. The third kappa shape index (κ3) is 2.04. The van der Waals surface area contributed by atoms with E-state index in [2.05, 4.69) is 18.0 Å². The Kier molecular flexibility index (Phi) is 2.87. The number of rotatable bonds is 1. The fourth-order valence-corrected chi connectivity index (χ4v) is 3.17. The van der Waals surface area contributed by atoms with Gasteiger partial charge in [-0.05, 0) is 49.4 Å². The minimum absolute atomic E-state index is 0.381. The molecule has 1 aliphatic carbocycles. The standard InChI is InChI=1S/C16H16N2O/c1-10-16(12-3-5-13(19)6-4-12)14-8-11(9-17)2-7-15(14)18-10/h2,7-8,12,18H,3-6H2,1H3. The number of nitriles is 1. The van der Waals surface area contributed by atoms with E-state index in [1.807, 2.05) is 18.2 Å². The van der Waals surface area contributed by atoms with Crippen LogP contribution in [-0.2, 0) is 4.79 Å². The molecule has 3 heteroatoms. The molecule has 96 valence electrons. The highest BCUT2D eigenvalue weighted by Crippen LogP contribution is 2.37. The molecule has 1 saturated carbocycles. The highest BCUT2D eigenvalue weighted by Gasteiger charge is 2.24. The highest BCUT2D eigenvalue weighted by atomic mass is 16.1. The largest absolute Gasteiger partial charge is 0.358 e. The Bertz CT molecular complexity index is 681. The molecule has 1 fully saturated rings. The summed E-state index contributed by atoms with van der Waals surface area (Å²) in [6.45, 7) is 2.08. The zero-order valence-electron chi connectivity index (χ0n) is 11.0. The van der Waals surface area contributed by atoms with Crippen molar-refractivity contribution in [2.24, 2.45) is 0 Å². The number of H-pyrrole nitrogens is 1. The van der Waals surface area contributed by atoms with Crippen LogP contribution in [0.4, 0.5) is 0 Å². The third-order valence-electron chi connectivity index (χ3n) is 4.12. The molecule has 0 amide bonds. The summed E-state index contributed by atoms with van der Waals surface area (Å²) in [6.07, 6.45) is 3.25. The van der Waals surface area contributed by atoms with Crippen molar-refractivity contribution >= 4 is 16.7 Å². The van der Waals surface area contributed by atoms with E-state index in [0.29, 0.717) is 30.1 Å². The van der Waals surface area contributed by atoms with E-state index in [4.69, 9.17) is 5.26 Å². The number of nitrogens with one attached hydrogen (secondary N) is 1. The normalized spacial score (nSPS) is 16.7. The van der Waals surface area contributed by atoms with Crippen molar-refractivity contribution in [1.82, 2.24) is 4.98 Å². The second kappa shape index (κ2) is 4.55. The zero-order chi connectivity index (χ0) is 13.4. The molecule has 1 aliphatic rings. The minimum Gasteiger partial charge on any atom is -0.358 e. The van der Waals surface area contributed by atoms with Crippen molar-refractivity contribution in [3.8, 4) is 6.07 Å². The van der Waals surface area contributed by atoms with Gasteiger partial charge in [0.2, 0.25) is 0 Å². The van der Waals surface area contributed by atoms with Crippen LogP contribution in [0.1, 0.15) is 48.4 Å². The number of aromatic amines is 1. The lowest BCUT2D eigenvalue weighted by Crippen LogP contribution is -2.12. The van der Waals surface area contributed by atoms with Gasteiger partial charge in [-0.15, -0.1) is 0 Å². The monoisotopic (exact) mass is 252 g/mol. The number of fused-ring (bicyclic) bond motifs is 1. The van der Waals surface area contributed by atoms with Crippen molar-refractivity contribution in [3.63, 3.8) is 0 Å². The van der Waals surface area contributed by atoms with E-state index in [0.717, 1.165) is 23.7 Å². The van der Waals surface area contributed by atoms with Crippen LogP contribution in [0.3, 0.4) is 0 Å². The molecule has 3 nitrogen and oxygen atoms in total. The van der Waals surface area contributed by atoms with Gasteiger partial charge in [-0.1, -0.05) is 0 Å². The Morgan fingerprint density at radius 2 is 2.05 bits per heavy atom. The van der Waals surface area contributed by atoms with Gasteiger partial charge in [0, 0.05) is 29.4 Å². The summed E-state index contributed by atoms with van der Waals surface area (Å²) in [5, 5.41) is 10.2. The lowest BCUT2D eigenvalue weighted by molar-refractivity contribution is -0.120. The van der Waals surface area contributed by atoms with Crippen LogP contribution in [0.5, 0.6) is 0 Å². The van der Waals surface area contributed by atoms with E-state index in [9.17, 15) is 4.79 Å². The van der Waals surface area contributed by atoms with Crippen LogP contribution in [0.2, 0.25) is 0 Å². The average molecular weight is 252 g/mol. The second-order valence-corrected chi connectivity index (χ2v) is 5.35. The fraction of sp³-hybridized carbons (Fsp3) is 0.375. The fourth-order valence-electron chi connectivity index (χ4n) is 3.17. The minimum atomic E-state index is 0.381. The molecular weight excluding hydrogens is 236 g/mol. The summed E-state index contributed by atoms with van der Waals surface area (Å²) in [4.78, 5) is 14.8. The molecule has 3 rings (SSSR count). The van der Waals surface area contributed by atoms with E-state index < -0.39 is 0 Å². The van der Waals surface area contributed by atoms with Gasteiger partial charge in [0.25, 0.3) is 0 Å². The average Bonchev–Trinajstić information content (AvgIpc) is 2.75. The van der Waals surface area contributed by atoms with E-state index >= 15 is 0 Å². The third-order valence-corrected chi connectivity index (χ3v) is 4.12. The maximum atomic E-state index is 11.4. The molecule has 1 N–H and O–H groups in total. The number of benzene rings is 1. The molecule has 1 aromatic heterocycles. The van der Waals surface area contributed by atoms with Crippen LogP contribution in [0.15, 0.2) is 18.2 Å². The van der Waals surface area contributed by atoms with Crippen LogP contribution in [0.25, 0.3) is 10.9 Å². The van der Waals surface area contributed by atoms with Crippen molar-refractivity contribution in [2.75, 3.05) is 0 Å². The SMILES string of the molecule is Cc1[nH]c2ccc(C#N)cc2c1C1CCC(=O)CC1. The van der Waals surface area contributed by atoms with Crippen LogP contribution in [0, 0.1) is 18.3 Å². The number of hydrogen-bond donors (Lipinski definition) is 1. The van der Waals surface area contributed by atoms with Gasteiger partial charge < -0.3 is 4.98 Å². The number of ketones is 1. The Balaban J connectivity index is 2.09. The topological polar surface area (TPSA) is 56.6 Å². The Morgan fingerprint density at radius 3 is 2.74 bits per heavy atom. The molecule has 2 aromatic rings. The first-order valence-electron chi connectivity index (χ1n) is 6.73. The van der Waals surface area contributed by atoms with Gasteiger partial charge in [0.05, 0.1) is 11.6 Å². The smallest absolute Gasteiger partial charge is 0.132 e. The predicted octanol–water partition coefficient (Wildman–Crippen LogP) is 3.57. The first kappa shape index (κ1) is 12.0. The molecule has 0 atom stereocenters. The summed E-state index contributed by atoms with van der Waals surface area (Å²) in [6, 6.07) is 7.97. The lowest BCUT2D eigenvalue weighted by Gasteiger charge is -2.21. The number of aromatic nitrogens is 1. The number of aryl methyl sites for hydroxylation is 1. The Hall–Kier alpha value is -2.08. The molecule has 0 unspecified atom stereocenters. The lowest BCUT2D eigenvalue weighted by atomic mass is 9.82. The number of nitrogens with zero attached hydrogens (tertiary/aromatic N) is 1. The van der Waals surface area contributed by atoms with Gasteiger partial charge in [-0.2, -0.15) is 5.26 Å². The van der Waals surface area contributed by atoms with Crippen molar-refractivity contribution in [2.45, 2.75) is 38.5 Å². The second-order valence-electron chi connectivity index (χ2n) is 5.35. The summed E-state index contributed by atoms with van der Waals surface area (Å²) in [5.41, 5.74) is 4.26. The van der Waals surface area contributed by atoms with Crippen LogP contribution in [-0.4, -0.2) is 10.8 Å². The predicted molar refractivity (Wildman–Crippen MR) is 74.0 cm³/mol. The molecule has 0 saturated heterocycles. The molecular formula is C16H16N2O. The number of Topliss-reactive ketones (excluding diaryl/α,β-unsaturated/α-hetero) is 1. The van der Waals surface area contributed by atoms with E-state index in [1.165, 1.54) is 11.3 Å². The molecule has 0 spiro atoms. The Labute approximate surface area is 112 Å². The summed E-state index contributed by atoms with van der Waals surface area (Å²) in [5.74, 6) is 0.826.